The molecular weight excluding hydrogens is 340 g/mol. The summed E-state index contributed by atoms with van der Waals surface area (Å²) in [5.41, 5.74) is 2.05. The van der Waals surface area contributed by atoms with Gasteiger partial charge in [-0.15, -0.1) is 0 Å². The molecule has 2 aliphatic rings. The highest BCUT2D eigenvalue weighted by Crippen LogP contribution is 2.26. The van der Waals surface area contributed by atoms with Gasteiger partial charge in [0.2, 0.25) is 15.9 Å². The number of carbonyl (C=O) groups excluding carboxylic acids is 1. The van der Waals surface area contributed by atoms with E-state index in [1.807, 2.05) is 24.8 Å². The number of carbonyl (C=O) groups is 1. The van der Waals surface area contributed by atoms with Gasteiger partial charge in [0.05, 0.1) is 17.4 Å². The van der Waals surface area contributed by atoms with E-state index < -0.39 is 10.0 Å². The zero-order valence-corrected chi connectivity index (χ0v) is 15.9. The quantitative estimate of drug-likeness (QED) is 0.812. The van der Waals surface area contributed by atoms with Crippen LogP contribution in [0.1, 0.15) is 31.4 Å². The van der Waals surface area contributed by atoms with Crippen LogP contribution in [0.5, 0.6) is 0 Å². The Balaban J connectivity index is 1.78. The van der Waals surface area contributed by atoms with Crippen molar-refractivity contribution >= 4 is 15.9 Å². The summed E-state index contributed by atoms with van der Waals surface area (Å²) in [5, 5.41) is 0. The molecule has 1 saturated heterocycles. The molecule has 1 aromatic rings. The van der Waals surface area contributed by atoms with Crippen molar-refractivity contribution in [1.29, 1.82) is 0 Å². The lowest BCUT2D eigenvalue weighted by molar-refractivity contribution is -0.136. The van der Waals surface area contributed by atoms with Gasteiger partial charge in [0.1, 0.15) is 0 Å². The van der Waals surface area contributed by atoms with E-state index in [0.717, 1.165) is 17.5 Å². The maximum atomic E-state index is 12.7. The van der Waals surface area contributed by atoms with Crippen molar-refractivity contribution in [2.75, 3.05) is 26.8 Å². The number of rotatable bonds is 4. The van der Waals surface area contributed by atoms with Crippen LogP contribution in [0.2, 0.25) is 0 Å². The SMILES string of the molecule is CC(C)N(C)S(=O)(=O)c1ccc2c(c1)CCN(C(=O)C1CCOC1)C2. The third-order valence-electron chi connectivity index (χ3n) is 5.18. The van der Waals surface area contributed by atoms with Crippen LogP contribution >= 0.6 is 0 Å². The molecule has 1 atom stereocenters. The monoisotopic (exact) mass is 366 g/mol. The van der Waals surface area contributed by atoms with E-state index >= 15 is 0 Å². The molecule has 1 aromatic carbocycles. The number of sulfonamides is 1. The molecule has 2 heterocycles. The number of hydrogen-bond donors (Lipinski definition) is 0. The van der Waals surface area contributed by atoms with Crippen molar-refractivity contribution in [3.05, 3.63) is 29.3 Å². The molecule has 0 bridgehead atoms. The summed E-state index contributed by atoms with van der Waals surface area (Å²) < 4.78 is 32.0. The third-order valence-corrected chi connectivity index (χ3v) is 7.21. The van der Waals surface area contributed by atoms with Crippen LogP contribution < -0.4 is 0 Å². The minimum absolute atomic E-state index is 0.0270. The van der Waals surface area contributed by atoms with Crippen LogP contribution in [0.3, 0.4) is 0 Å². The molecule has 25 heavy (non-hydrogen) atoms. The molecule has 138 valence electrons. The number of amides is 1. The summed E-state index contributed by atoms with van der Waals surface area (Å²) in [4.78, 5) is 14.7. The molecule has 1 amide bonds. The second-order valence-corrected chi connectivity index (χ2v) is 9.11. The van der Waals surface area contributed by atoms with E-state index in [0.29, 0.717) is 37.6 Å². The Bertz CT molecular complexity index is 754. The fourth-order valence-corrected chi connectivity index (χ4v) is 4.73. The standard InChI is InChI=1S/C18H26N2O4S/c1-13(2)19(3)25(22,23)17-5-4-15-11-20(8-6-14(15)10-17)18(21)16-7-9-24-12-16/h4-5,10,13,16H,6-9,11-12H2,1-3H3. The van der Waals surface area contributed by atoms with E-state index in [2.05, 4.69) is 0 Å². The molecule has 3 rings (SSSR count). The molecule has 7 heteroatoms. The van der Waals surface area contributed by atoms with Gasteiger partial charge in [-0.3, -0.25) is 4.79 Å². The summed E-state index contributed by atoms with van der Waals surface area (Å²) in [6.07, 6.45) is 1.48. The lowest BCUT2D eigenvalue weighted by Gasteiger charge is -2.31. The second kappa shape index (κ2) is 7.05. The highest BCUT2D eigenvalue weighted by Gasteiger charge is 2.31. The zero-order valence-electron chi connectivity index (χ0n) is 15.1. The minimum Gasteiger partial charge on any atom is -0.381 e. The Labute approximate surface area is 149 Å². The first-order chi connectivity index (χ1) is 11.8. The molecule has 0 saturated carbocycles. The van der Waals surface area contributed by atoms with Gasteiger partial charge in [0.25, 0.3) is 0 Å². The molecular formula is C18H26N2O4S. The number of ether oxygens (including phenoxy) is 1. The van der Waals surface area contributed by atoms with Gasteiger partial charge in [-0.25, -0.2) is 8.42 Å². The molecule has 1 unspecified atom stereocenters. The largest absolute Gasteiger partial charge is 0.381 e. The van der Waals surface area contributed by atoms with Gasteiger partial charge in [0.15, 0.2) is 0 Å². The van der Waals surface area contributed by atoms with Crippen molar-refractivity contribution in [1.82, 2.24) is 9.21 Å². The average Bonchev–Trinajstić information content (AvgIpc) is 3.13. The maximum absolute atomic E-state index is 12.7. The van der Waals surface area contributed by atoms with E-state index in [1.165, 1.54) is 4.31 Å². The van der Waals surface area contributed by atoms with Gasteiger partial charge < -0.3 is 9.64 Å². The molecule has 0 spiro atoms. The summed E-state index contributed by atoms with van der Waals surface area (Å²) in [6, 6.07) is 5.17. The molecule has 6 nitrogen and oxygen atoms in total. The fraction of sp³-hybridized carbons (Fsp3) is 0.611. The highest BCUT2D eigenvalue weighted by atomic mass is 32.2. The fourth-order valence-electron chi connectivity index (χ4n) is 3.31. The first kappa shape index (κ1) is 18.4. The van der Waals surface area contributed by atoms with E-state index in [1.54, 1.807) is 19.2 Å². The first-order valence-electron chi connectivity index (χ1n) is 8.77. The van der Waals surface area contributed by atoms with E-state index in [4.69, 9.17) is 4.74 Å². The van der Waals surface area contributed by atoms with Gasteiger partial charge in [-0.05, 0) is 49.9 Å². The van der Waals surface area contributed by atoms with E-state index in [9.17, 15) is 13.2 Å². The Morgan fingerprint density at radius 2 is 2.08 bits per heavy atom. The molecule has 2 aliphatic heterocycles. The van der Waals surface area contributed by atoms with Gasteiger partial charge in [0, 0.05) is 32.8 Å². The summed E-state index contributed by atoms with van der Waals surface area (Å²) in [7, 11) is -1.88. The molecule has 0 aromatic heterocycles. The summed E-state index contributed by atoms with van der Waals surface area (Å²) >= 11 is 0. The van der Waals surface area contributed by atoms with Crippen LogP contribution in [-0.4, -0.2) is 56.4 Å². The van der Waals surface area contributed by atoms with Crippen molar-refractivity contribution in [2.45, 2.75) is 44.2 Å². The zero-order chi connectivity index (χ0) is 18.2. The van der Waals surface area contributed by atoms with Crippen LogP contribution in [0.4, 0.5) is 0 Å². The Morgan fingerprint density at radius 3 is 2.72 bits per heavy atom. The minimum atomic E-state index is -3.48. The Morgan fingerprint density at radius 1 is 1.32 bits per heavy atom. The van der Waals surface area contributed by atoms with Crippen molar-refractivity contribution in [3.8, 4) is 0 Å². The van der Waals surface area contributed by atoms with Gasteiger partial charge in [-0.1, -0.05) is 6.07 Å². The number of nitrogens with zero attached hydrogens (tertiary/aromatic N) is 2. The lowest BCUT2D eigenvalue weighted by atomic mass is 9.98. The molecule has 1 fully saturated rings. The predicted octanol–water partition coefficient (Wildman–Crippen LogP) is 1.64. The van der Waals surface area contributed by atoms with Crippen LogP contribution in [0, 0.1) is 5.92 Å². The Hall–Kier alpha value is -1.44. The number of benzene rings is 1. The summed E-state index contributed by atoms with van der Waals surface area (Å²) in [6.45, 7) is 6.06. The Kier molecular flexibility index (Phi) is 5.18. The molecule has 0 aliphatic carbocycles. The number of fused-ring (bicyclic) bond motifs is 1. The third kappa shape index (κ3) is 3.59. The second-order valence-electron chi connectivity index (χ2n) is 7.12. The normalized spacial score (nSPS) is 21.0. The topological polar surface area (TPSA) is 66.9 Å². The molecule has 0 radical (unpaired) electrons. The van der Waals surface area contributed by atoms with Gasteiger partial charge >= 0.3 is 0 Å². The van der Waals surface area contributed by atoms with E-state index in [-0.39, 0.29) is 17.9 Å². The smallest absolute Gasteiger partial charge is 0.243 e. The van der Waals surface area contributed by atoms with Crippen LogP contribution in [0.15, 0.2) is 23.1 Å². The van der Waals surface area contributed by atoms with Crippen LogP contribution in [0.25, 0.3) is 0 Å². The maximum Gasteiger partial charge on any atom is 0.243 e. The van der Waals surface area contributed by atoms with Crippen molar-refractivity contribution in [3.63, 3.8) is 0 Å². The number of hydrogen-bond acceptors (Lipinski definition) is 4. The molecule has 0 N–H and O–H groups in total. The van der Waals surface area contributed by atoms with Crippen LogP contribution in [-0.2, 0) is 32.5 Å². The van der Waals surface area contributed by atoms with Gasteiger partial charge in [-0.2, -0.15) is 4.31 Å². The van der Waals surface area contributed by atoms with Crippen molar-refractivity contribution < 1.29 is 17.9 Å². The highest BCUT2D eigenvalue weighted by molar-refractivity contribution is 7.89. The lowest BCUT2D eigenvalue weighted by Crippen LogP contribution is -2.40. The summed E-state index contributed by atoms with van der Waals surface area (Å²) in [5.74, 6) is 0.125. The predicted molar refractivity (Wildman–Crippen MR) is 94.6 cm³/mol. The average molecular weight is 366 g/mol. The van der Waals surface area contributed by atoms with Crippen molar-refractivity contribution in [2.24, 2.45) is 5.92 Å². The first-order valence-corrected chi connectivity index (χ1v) is 10.2.